The van der Waals surface area contributed by atoms with Gasteiger partial charge < -0.3 is 4.98 Å². The third-order valence-electron chi connectivity index (χ3n) is 1.88. The molecule has 1 aromatic heterocycles. The summed E-state index contributed by atoms with van der Waals surface area (Å²) in [5, 5.41) is 0.495. The van der Waals surface area contributed by atoms with E-state index in [1.807, 2.05) is 0 Å². The summed E-state index contributed by atoms with van der Waals surface area (Å²) in [7, 11) is -3.74. The molecular weight excluding hydrogens is 285 g/mol. The van der Waals surface area contributed by atoms with Crippen LogP contribution in [0.3, 0.4) is 0 Å². The summed E-state index contributed by atoms with van der Waals surface area (Å²) in [5.41, 5.74) is 0. The smallest absolute Gasteiger partial charge is 0.264 e. The first-order valence-corrected chi connectivity index (χ1v) is 6.69. The first-order valence-electron chi connectivity index (χ1n) is 4.46. The molecule has 90 valence electrons. The molecule has 5 nitrogen and oxygen atoms in total. The number of anilines is 1. The summed E-state index contributed by atoms with van der Waals surface area (Å²) in [6, 6.07) is 4.06. The maximum Gasteiger partial charge on any atom is 0.264 e. The largest absolute Gasteiger partial charge is 0.330 e. The van der Waals surface area contributed by atoms with Crippen LogP contribution in [0.2, 0.25) is 10.0 Å². The highest BCUT2D eigenvalue weighted by atomic mass is 35.5. The lowest BCUT2D eigenvalue weighted by Gasteiger charge is -2.06. The molecule has 2 rings (SSSR count). The highest BCUT2D eigenvalue weighted by Gasteiger charge is 2.16. The second kappa shape index (κ2) is 4.56. The van der Waals surface area contributed by atoms with Crippen molar-refractivity contribution in [1.29, 1.82) is 0 Å². The minimum atomic E-state index is -3.74. The molecule has 0 amide bonds. The third kappa shape index (κ3) is 2.91. The van der Waals surface area contributed by atoms with Gasteiger partial charge in [0.15, 0.2) is 0 Å². The molecule has 2 aromatic rings. The molecule has 1 heterocycles. The van der Waals surface area contributed by atoms with Crippen LogP contribution in [0.4, 0.5) is 5.95 Å². The van der Waals surface area contributed by atoms with Gasteiger partial charge in [0.05, 0.1) is 4.90 Å². The number of benzene rings is 1. The second-order valence-electron chi connectivity index (χ2n) is 3.15. The topological polar surface area (TPSA) is 74.8 Å². The van der Waals surface area contributed by atoms with Gasteiger partial charge in [0.25, 0.3) is 10.0 Å². The quantitative estimate of drug-likeness (QED) is 0.912. The number of hydrogen-bond acceptors (Lipinski definition) is 3. The predicted octanol–water partition coefficient (Wildman–Crippen LogP) is 2.52. The summed E-state index contributed by atoms with van der Waals surface area (Å²) in [4.78, 5) is 6.36. The Kier molecular flexibility index (Phi) is 3.28. The molecule has 0 aliphatic rings. The molecule has 17 heavy (non-hydrogen) atoms. The van der Waals surface area contributed by atoms with Crippen molar-refractivity contribution in [3.05, 3.63) is 40.6 Å². The van der Waals surface area contributed by atoms with Crippen LogP contribution < -0.4 is 4.72 Å². The Bertz CT molecular complexity index is 605. The molecule has 0 aliphatic heterocycles. The summed E-state index contributed by atoms with van der Waals surface area (Å²) < 4.78 is 26.1. The lowest BCUT2D eigenvalue weighted by molar-refractivity contribution is 0.601. The maximum atomic E-state index is 11.9. The second-order valence-corrected chi connectivity index (χ2v) is 5.70. The van der Waals surface area contributed by atoms with Crippen LogP contribution in [-0.2, 0) is 10.0 Å². The van der Waals surface area contributed by atoms with Gasteiger partial charge in [-0.25, -0.2) is 18.1 Å². The first kappa shape index (κ1) is 12.2. The van der Waals surface area contributed by atoms with E-state index >= 15 is 0 Å². The molecule has 0 saturated heterocycles. The Morgan fingerprint density at radius 3 is 2.35 bits per heavy atom. The van der Waals surface area contributed by atoms with Crippen LogP contribution in [0.5, 0.6) is 0 Å². The number of nitrogens with one attached hydrogen (secondary N) is 2. The fraction of sp³-hybridized carbons (Fsp3) is 0. The Morgan fingerprint density at radius 2 is 1.82 bits per heavy atom. The molecule has 0 radical (unpaired) electrons. The standard InChI is InChI=1S/C9H7Cl2N3O2S/c10-6-3-7(11)5-8(4-6)17(15,16)14-9-12-1-2-13-9/h1-5H,(H2,12,13,14). The molecule has 0 bridgehead atoms. The van der Waals surface area contributed by atoms with Gasteiger partial charge in [-0.05, 0) is 18.2 Å². The van der Waals surface area contributed by atoms with Crippen LogP contribution >= 0.6 is 23.2 Å². The van der Waals surface area contributed by atoms with E-state index in [4.69, 9.17) is 23.2 Å². The number of halogens is 2. The van der Waals surface area contributed by atoms with E-state index in [9.17, 15) is 8.42 Å². The minimum absolute atomic E-state index is 0.0219. The van der Waals surface area contributed by atoms with E-state index in [-0.39, 0.29) is 20.9 Å². The molecule has 2 N–H and O–H groups in total. The van der Waals surface area contributed by atoms with Crippen LogP contribution in [-0.4, -0.2) is 18.4 Å². The summed E-state index contributed by atoms with van der Waals surface area (Å²) in [5.74, 6) is 0.126. The van der Waals surface area contributed by atoms with Gasteiger partial charge in [0, 0.05) is 22.4 Å². The third-order valence-corrected chi connectivity index (χ3v) is 3.63. The number of nitrogens with zero attached hydrogens (tertiary/aromatic N) is 1. The number of aromatic amines is 1. The van der Waals surface area contributed by atoms with E-state index in [0.29, 0.717) is 0 Å². The van der Waals surface area contributed by atoms with Crippen LogP contribution in [0, 0.1) is 0 Å². The van der Waals surface area contributed by atoms with Crippen molar-refractivity contribution in [3.8, 4) is 0 Å². The van der Waals surface area contributed by atoms with Gasteiger partial charge in [-0.3, -0.25) is 0 Å². The number of imidazole rings is 1. The Balaban J connectivity index is 2.38. The predicted molar refractivity (Wildman–Crippen MR) is 65.9 cm³/mol. The van der Waals surface area contributed by atoms with E-state index in [0.717, 1.165) is 0 Å². The fourth-order valence-electron chi connectivity index (χ4n) is 1.19. The summed E-state index contributed by atoms with van der Waals surface area (Å²) in [6.45, 7) is 0. The molecule has 0 fully saturated rings. The summed E-state index contributed by atoms with van der Waals surface area (Å²) in [6.07, 6.45) is 2.94. The molecule has 8 heteroatoms. The van der Waals surface area contributed by atoms with Crippen molar-refractivity contribution in [2.24, 2.45) is 0 Å². The van der Waals surface area contributed by atoms with Crippen molar-refractivity contribution in [3.63, 3.8) is 0 Å². The van der Waals surface area contributed by atoms with Gasteiger partial charge >= 0.3 is 0 Å². The molecule has 0 unspecified atom stereocenters. The number of aromatic nitrogens is 2. The van der Waals surface area contributed by atoms with E-state index in [1.165, 1.54) is 30.6 Å². The van der Waals surface area contributed by atoms with Gasteiger partial charge in [0.1, 0.15) is 0 Å². The zero-order valence-corrected chi connectivity index (χ0v) is 10.6. The van der Waals surface area contributed by atoms with E-state index in [2.05, 4.69) is 14.7 Å². The van der Waals surface area contributed by atoms with Crippen molar-refractivity contribution in [2.75, 3.05) is 4.72 Å². The SMILES string of the molecule is O=S(=O)(Nc1ncc[nH]1)c1cc(Cl)cc(Cl)c1. The fourth-order valence-corrected chi connectivity index (χ4v) is 2.89. The van der Waals surface area contributed by atoms with Crippen molar-refractivity contribution >= 4 is 39.2 Å². The molecular formula is C9H7Cl2N3O2S. The van der Waals surface area contributed by atoms with Gasteiger partial charge in [0.2, 0.25) is 5.95 Å². The van der Waals surface area contributed by atoms with Crippen LogP contribution in [0.25, 0.3) is 0 Å². The van der Waals surface area contributed by atoms with Gasteiger partial charge in [-0.1, -0.05) is 23.2 Å². The molecule has 1 aromatic carbocycles. The molecule has 0 atom stereocenters. The normalized spacial score (nSPS) is 11.4. The lowest BCUT2D eigenvalue weighted by Crippen LogP contribution is -2.13. The molecule has 0 saturated carbocycles. The Morgan fingerprint density at radius 1 is 1.18 bits per heavy atom. The number of H-pyrrole nitrogens is 1. The van der Waals surface area contributed by atoms with E-state index < -0.39 is 10.0 Å². The zero-order chi connectivity index (χ0) is 12.5. The number of hydrogen-bond donors (Lipinski definition) is 2. The van der Waals surface area contributed by atoms with Gasteiger partial charge in [-0.15, -0.1) is 0 Å². The van der Waals surface area contributed by atoms with E-state index in [1.54, 1.807) is 0 Å². The number of sulfonamides is 1. The van der Waals surface area contributed by atoms with Crippen LogP contribution in [0.15, 0.2) is 35.5 Å². The zero-order valence-electron chi connectivity index (χ0n) is 8.31. The minimum Gasteiger partial charge on any atom is -0.330 e. The monoisotopic (exact) mass is 291 g/mol. The molecule has 0 spiro atoms. The lowest BCUT2D eigenvalue weighted by atomic mass is 10.4. The average molecular weight is 292 g/mol. The van der Waals surface area contributed by atoms with Crippen LogP contribution in [0.1, 0.15) is 0 Å². The first-order chi connectivity index (χ1) is 7.97. The highest BCUT2D eigenvalue weighted by molar-refractivity contribution is 7.92. The van der Waals surface area contributed by atoms with Crippen molar-refractivity contribution < 1.29 is 8.42 Å². The molecule has 0 aliphatic carbocycles. The Labute approximate surface area is 108 Å². The highest BCUT2D eigenvalue weighted by Crippen LogP contribution is 2.23. The summed E-state index contributed by atoms with van der Waals surface area (Å²) >= 11 is 11.5. The van der Waals surface area contributed by atoms with Crippen molar-refractivity contribution in [2.45, 2.75) is 4.90 Å². The van der Waals surface area contributed by atoms with Crippen molar-refractivity contribution in [1.82, 2.24) is 9.97 Å². The average Bonchev–Trinajstić information content (AvgIpc) is 2.68. The van der Waals surface area contributed by atoms with Gasteiger partial charge in [-0.2, -0.15) is 0 Å². The number of rotatable bonds is 3. The Hall–Kier alpha value is -1.24. The maximum absolute atomic E-state index is 11.9.